The standard InChI is InChI=1S/C22H26N2O4S/c1-29(27,28)16-17-8-10-19(11-9-17)22(26)23-13-4-7-21(25)24-14-12-18-5-2-3-6-20(18)15-24/h2-3,5-6,8-11H,4,7,12-16H2,1H3,(H,23,26). The second kappa shape index (κ2) is 9.22. The van der Waals surface area contributed by atoms with Gasteiger partial charge >= 0.3 is 0 Å². The van der Waals surface area contributed by atoms with Gasteiger partial charge in [-0.2, -0.15) is 0 Å². The van der Waals surface area contributed by atoms with Crippen molar-refractivity contribution in [3.63, 3.8) is 0 Å². The van der Waals surface area contributed by atoms with Crippen molar-refractivity contribution in [2.45, 2.75) is 31.6 Å². The van der Waals surface area contributed by atoms with E-state index in [0.29, 0.717) is 37.1 Å². The van der Waals surface area contributed by atoms with Gasteiger partial charge in [-0.05, 0) is 41.7 Å². The number of nitrogens with one attached hydrogen (secondary N) is 1. The summed E-state index contributed by atoms with van der Waals surface area (Å²) in [7, 11) is -3.10. The second-order valence-corrected chi connectivity index (χ2v) is 9.60. The van der Waals surface area contributed by atoms with Crippen molar-refractivity contribution in [1.29, 1.82) is 0 Å². The molecule has 0 aromatic heterocycles. The van der Waals surface area contributed by atoms with Gasteiger partial charge in [-0.15, -0.1) is 0 Å². The van der Waals surface area contributed by atoms with Gasteiger partial charge in [0, 0.05) is 37.9 Å². The second-order valence-electron chi connectivity index (χ2n) is 7.46. The molecule has 7 heteroatoms. The Kier molecular flexibility index (Phi) is 6.69. The van der Waals surface area contributed by atoms with Gasteiger partial charge in [-0.3, -0.25) is 9.59 Å². The Morgan fingerprint density at radius 1 is 1.03 bits per heavy atom. The van der Waals surface area contributed by atoms with Gasteiger partial charge in [0.15, 0.2) is 9.84 Å². The molecule has 3 rings (SSSR count). The molecule has 2 amide bonds. The van der Waals surface area contributed by atoms with Gasteiger partial charge < -0.3 is 10.2 Å². The quantitative estimate of drug-likeness (QED) is 0.705. The van der Waals surface area contributed by atoms with E-state index in [1.54, 1.807) is 24.3 Å². The number of hydrogen-bond donors (Lipinski definition) is 1. The number of nitrogens with zero attached hydrogens (tertiary/aromatic N) is 1. The summed E-state index contributed by atoms with van der Waals surface area (Å²) in [6.45, 7) is 1.81. The third-order valence-electron chi connectivity index (χ3n) is 4.98. The number of benzene rings is 2. The number of rotatable bonds is 7. The average Bonchev–Trinajstić information content (AvgIpc) is 2.70. The zero-order chi connectivity index (χ0) is 20.9. The third kappa shape index (κ3) is 6.15. The molecule has 154 valence electrons. The molecule has 2 aromatic carbocycles. The summed E-state index contributed by atoms with van der Waals surface area (Å²) in [5.41, 5.74) is 3.64. The van der Waals surface area contributed by atoms with Crippen LogP contribution in [-0.2, 0) is 33.4 Å². The lowest BCUT2D eigenvalue weighted by Crippen LogP contribution is -2.36. The Morgan fingerprint density at radius 3 is 2.41 bits per heavy atom. The van der Waals surface area contributed by atoms with E-state index in [1.807, 2.05) is 17.0 Å². The van der Waals surface area contributed by atoms with Crippen LogP contribution in [0.25, 0.3) is 0 Å². The molecular weight excluding hydrogens is 388 g/mol. The lowest BCUT2D eigenvalue weighted by Gasteiger charge is -2.29. The summed E-state index contributed by atoms with van der Waals surface area (Å²) in [4.78, 5) is 26.5. The van der Waals surface area contributed by atoms with Gasteiger partial charge in [-0.1, -0.05) is 36.4 Å². The molecule has 29 heavy (non-hydrogen) atoms. The molecule has 0 bridgehead atoms. The summed E-state index contributed by atoms with van der Waals surface area (Å²) in [6.07, 6.45) is 3.04. The van der Waals surface area contributed by atoms with E-state index in [-0.39, 0.29) is 17.6 Å². The van der Waals surface area contributed by atoms with Gasteiger partial charge in [-0.25, -0.2) is 8.42 Å². The van der Waals surface area contributed by atoms with Crippen LogP contribution in [0, 0.1) is 0 Å². The average molecular weight is 415 g/mol. The first-order valence-electron chi connectivity index (χ1n) is 9.71. The molecule has 0 radical (unpaired) electrons. The fraction of sp³-hybridized carbons (Fsp3) is 0.364. The molecule has 1 aliphatic heterocycles. The van der Waals surface area contributed by atoms with E-state index in [9.17, 15) is 18.0 Å². The van der Waals surface area contributed by atoms with Crippen molar-refractivity contribution >= 4 is 21.7 Å². The van der Waals surface area contributed by atoms with Crippen LogP contribution in [0.15, 0.2) is 48.5 Å². The van der Waals surface area contributed by atoms with E-state index in [0.717, 1.165) is 13.0 Å². The SMILES string of the molecule is CS(=O)(=O)Cc1ccc(C(=O)NCCCC(=O)N2CCc3ccccc3C2)cc1. The highest BCUT2D eigenvalue weighted by molar-refractivity contribution is 7.89. The zero-order valence-corrected chi connectivity index (χ0v) is 17.4. The largest absolute Gasteiger partial charge is 0.352 e. The van der Waals surface area contributed by atoms with Crippen LogP contribution in [-0.4, -0.2) is 44.5 Å². The normalized spacial score (nSPS) is 13.6. The maximum absolute atomic E-state index is 12.4. The number of fused-ring (bicyclic) bond motifs is 1. The smallest absolute Gasteiger partial charge is 0.251 e. The molecule has 0 spiro atoms. The minimum atomic E-state index is -3.10. The highest BCUT2D eigenvalue weighted by Gasteiger charge is 2.19. The molecule has 0 fully saturated rings. The van der Waals surface area contributed by atoms with Gasteiger partial charge in [0.2, 0.25) is 5.91 Å². The molecule has 0 saturated heterocycles. The van der Waals surface area contributed by atoms with E-state index in [4.69, 9.17) is 0 Å². The van der Waals surface area contributed by atoms with Gasteiger partial charge in [0.05, 0.1) is 5.75 Å². The highest BCUT2D eigenvalue weighted by atomic mass is 32.2. The summed E-state index contributed by atoms with van der Waals surface area (Å²) in [6, 6.07) is 14.7. The van der Waals surface area contributed by atoms with Crippen LogP contribution in [0.2, 0.25) is 0 Å². The first-order valence-corrected chi connectivity index (χ1v) is 11.8. The summed E-state index contributed by atoms with van der Waals surface area (Å²) in [5.74, 6) is -0.160. The van der Waals surface area contributed by atoms with Crippen molar-refractivity contribution in [1.82, 2.24) is 10.2 Å². The predicted octanol–water partition coefficient (Wildman–Crippen LogP) is 2.33. The summed E-state index contributed by atoms with van der Waals surface area (Å²) < 4.78 is 22.6. The minimum absolute atomic E-state index is 0.0437. The third-order valence-corrected chi connectivity index (χ3v) is 5.84. The number of amides is 2. The molecule has 0 aliphatic carbocycles. The van der Waals surface area contributed by atoms with Gasteiger partial charge in [0.1, 0.15) is 0 Å². The van der Waals surface area contributed by atoms with E-state index in [1.165, 1.54) is 17.4 Å². The lowest BCUT2D eigenvalue weighted by atomic mass is 9.99. The monoisotopic (exact) mass is 414 g/mol. The van der Waals surface area contributed by atoms with Crippen LogP contribution in [0.4, 0.5) is 0 Å². The Labute approximate surface area is 171 Å². The maximum Gasteiger partial charge on any atom is 0.251 e. The molecule has 1 aliphatic rings. The van der Waals surface area contributed by atoms with E-state index < -0.39 is 9.84 Å². The zero-order valence-electron chi connectivity index (χ0n) is 16.6. The fourth-order valence-corrected chi connectivity index (χ4v) is 4.26. The number of hydrogen-bond acceptors (Lipinski definition) is 4. The minimum Gasteiger partial charge on any atom is -0.352 e. The van der Waals surface area contributed by atoms with Crippen LogP contribution in [0.1, 0.15) is 39.9 Å². The van der Waals surface area contributed by atoms with Crippen molar-refractivity contribution in [2.75, 3.05) is 19.3 Å². The number of sulfone groups is 1. The van der Waals surface area contributed by atoms with E-state index >= 15 is 0 Å². The first-order chi connectivity index (χ1) is 13.8. The fourth-order valence-electron chi connectivity index (χ4n) is 3.47. The Morgan fingerprint density at radius 2 is 1.72 bits per heavy atom. The van der Waals surface area contributed by atoms with Crippen LogP contribution < -0.4 is 5.32 Å². The highest BCUT2D eigenvalue weighted by Crippen LogP contribution is 2.19. The molecule has 0 atom stereocenters. The Bertz CT molecular complexity index is 984. The lowest BCUT2D eigenvalue weighted by molar-refractivity contribution is -0.132. The van der Waals surface area contributed by atoms with Crippen LogP contribution in [0.3, 0.4) is 0 Å². The molecule has 1 heterocycles. The first kappa shape index (κ1) is 21.0. The van der Waals surface area contributed by atoms with Crippen molar-refractivity contribution in [2.24, 2.45) is 0 Å². The maximum atomic E-state index is 12.4. The number of carbonyl (C=O) groups is 2. The summed E-state index contributed by atoms with van der Waals surface area (Å²) in [5, 5.41) is 2.81. The molecule has 0 saturated carbocycles. The topological polar surface area (TPSA) is 83.5 Å². The molecule has 1 N–H and O–H groups in total. The van der Waals surface area contributed by atoms with Crippen molar-refractivity contribution in [3.05, 3.63) is 70.8 Å². The van der Waals surface area contributed by atoms with Crippen LogP contribution >= 0.6 is 0 Å². The van der Waals surface area contributed by atoms with Crippen molar-refractivity contribution in [3.8, 4) is 0 Å². The van der Waals surface area contributed by atoms with Crippen molar-refractivity contribution < 1.29 is 18.0 Å². The predicted molar refractivity (Wildman–Crippen MR) is 112 cm³/mol. The number of carbonyl (C=O) groups excluding carboxylic acids is 2. The molecule has 6 nitrogen and oxygen atoms in total. The van der Waals surface area contributed by atoms with E-state index in [2.05, 4.69) is 17.4 Å². The Balaban J connectivity index is 1.41. The molecule has 2 aromatic rings. The molecule has 0 unspecified atom stereocenters. The Hall–Kier alpha value is -2.67. The van der Waals surface area contributed by atoms with Crippen LogP contribution in [0.5, 0.6) is 0 Å². The van der Waals surface area contributed by atoms with Gasteiger partial charge in [0.25, 0.3) is 5.91 Å². The molecular formula is C22H26N2O4S. The summed E-state index contributed by atoms with van der Waals surface area (Å²) >= 11 is 0.